The molecule has 8 heteroatoms. The molecule has 1 aliphatic rings. The average Bonchev–Trinajstić information content (AvgIpc) is 2.87. The quantitative estimate of drug-likeness (QED) is 0.520. The van der Waals surface area contributed by atoms with E-state index in [1.54, 1.807) is 32.4 Å². The summed E-state index contributed by atoms with van der Waals surface area (Å²) in [4.78, 5) is 24.1. The highest BCUT2D eigenvalue weighted by Gasteiger charge is 2.23. The van der Waals surface area contributed by atoms with Gasteiger partial charge in [-0.25, -0.2) is 4.98 Å². The van der Waals surface area contributed by atoms with E-state index in [-0.39, 0.29) is 5.91 Å². The maximum Gasteiger partial charge on any atom is 0.251 e. The Balaban J connectivity index is 1.31. The van der Waals surface area contributed by atoms with Crippen molar-refractivity contribution in [1.29, 1.82) is 0 Å². The van der Waals surface area contributed by atoms with Gasteiger partial charge in [0.1, 0.15) is 5.82 Å². The molecule has 0 bridgehead atoms. The first-order valence-corrected chi connectivity index (χ1v) is 11.7. The van der Waals surface area contributed by atoms with Crippen LogP contribution < -0.4 is 25.0 Å². The average molecular weight is 464 g/mol. The van der Waals surface area contributed by atoms with Gasteiger partial charge in [0.05, 0.1) is 19.7 Å². The first-order valence-electron chi connectivity index (χ1n) is 11.7. The lowest BCUT2D eigenvalue weighted by atomic mass is 9.86. The smallest absolute Gasteiger partial charge is 0.251 e. The van der Waals surface area contributed by atoms with Crippen LogP contribution in [-0.2, 0) is 0 Å². The number of carbonyl (C=O) groups is 1. The molecule has 0 aliphatic heterocycles. The van der Waals surface area contributed by atoms with Gasteiger partial charge in [0.15, 0.2) is 11.5 Å². The predicted octanol–water partition coefficient (Wildman–Crippen LogP) is 4.11. The molecule has 180 valence electrons. The zero-order valence-corrected chi connectivity index (χ0v) is 20.3. The number of methoxy groups -OCH3 is 2. The first kappa shape index (κ1) is 23.6. The van der Waals surface area contributed by atoms with Crippen molar-refractivity contribution in [2.75, 3.05) is 45.1 Å². The Bertz CT molecular complexity index is 1140. The van der Waals surface area contributed by atoms with E-state index < -0.39 is 0 Å². The van der Waals surface area contributed by atoms with Crippen LogP contribution >= 0.6 is 0 Å². The van der Waals surface area contributed by atoms with E-state index in [0.29, 0.717) is 41.5 Å². The van der Waals surface area contributed by atoms with Crippen molar-refractivity contribution in [3.05, 3.63) is 48.0 Å². The van der Waals surface area contributed by atoms with E-state index >= 15 is 0 Å². The summed E-state index contributed by atoms with van der Waals surface area (Å²) < 4.78 is 10.5. The fourth-order valence-electron chi connectivity index (χ4n) is 4.48. The van der Waals surface area contributed by atoms with E-state index in [9.17, 15) is 4.79 Å². The van der Waals surface area contributed by atoms with Crippen molar-refractivity contribution < 1.29 is 14.3 Å². The van der Waals surface area contributed by atoms with Crippen LogP contribution in [-0.4, -0.2) is 56.8 Å². The lowest BCUT2D eigenvalue weighted by Gasteiger charge is -2.29. The predicted molar refractivity (Wildman–Crippen MR) is 135 cm³/mol. The van der Waals surface area contributed by atoms with Crippen LogP contribution in [0.2, 0.25) is 0 Å². The van der Waals surface area contributed by atoms with E-state index in [4.69, 9.17) is 19.4 Å². The van der Waals surface area contributed by atoms with Crippen LogP contribution in [0.25, 0.3) is 10.9 Å². The summed E-state index contributed by atoms with van der Waals surface area (Å²) in [5.41, 5.74) is 1.51. The molecule has 34 heavy (non-hydrogen) atoms. The van der Waals surface area contributed by atoms with Crippen molar-refractivity contribution in [3.8, 4) is 11.5 Å². The van der Waals surface area contributed by atoms with E-state index in [2.05, 4.69) is 16.7 Å². The number of carbonyl (C=O) groups excluding carboxylic acids is 1. The molecule has 0 unspecified atom stereocenters. The van der Waals surface area contributed by atoms with Crippen LogP contribution in [0, 0.1) is 5.92 Å². The molecule has 2 N–H and O–H groups in total. The summed E-state index contributed by atoms with van der Waals surface area (Å²) in [6.45, 7) is 0.664. The van der Waals surface area contributed by atoms with Gasteiger partial charge in [-0.1, -0.05) is 12.1 Å². The number of amides is 1. The maximum atomic E-state index is 12.6. The van der Waals surface area contributed by atoms with Gasteiger partial charge >= 0.3 is 0 Å². The second-order valence-corrected chi connectivity index (χ2v) is 8.92. The highest BCUT2D eigenvalue weighted by Crippen LogP contribution is 2.29. The van der Waals surface area contributed by atoms with Crippen LogP contribution in [0.5, 0.6) is 11.5 Å². The Morgan fingerprint density at radius 2 is 1.74 bits per heavy atom. The summed E-state index contributed by atoms with van der Waals surface area (Å²) in [6, 6.07) is 13.6. The number of nitrogens with zero attached hydrogens (tertiary/aromatic N) is 3. The zero-order valence-electron chi connectivity index (χ0n) is 20.3. The molecule has 1 aliphatic carbocycles. The largest absolute Gasteiger partial charge is 0.493 e. The first-order chi connectivity index (χ1) is 16.5. The third-order valence-corrected chi connectivity index (χ3v) is 6.38. The van der Waals surface area contributed by atoms with Gasteiger partial charge in [-0.2, -0.15) is 4.98 Å². The van der Waals surface area contributed by atoms with Gasteiger partial charge in [-0.15, -0.1) is 0 Å². The number of hydrogen-bond donors (Lipinski definition) is 2. The maximum absolute atomic E-state index is 12.6. The molecule has 1 fully saturated rings. The molecule has 3 aromatic rings. The van der Waals surface area contributed by atoms with Crippen molar-refractivity contribution in [3.63, 3.8) is 0 Å². The molecule has 2 aromatic carbocycles. The van der Waals surface area contributed by atoms with E-state index in [0.717, 1.165) is 42.4 Å². The molecule has 0 atom stereocenters. The molecule has 0 spiro atoms. The normalized spacial score (nSPS) is 17.8. The molecule has 1 amide bonds. The molecular formula is C26H33N5O3. The summed E-state index contributed by atoms with van der Waals surface area (Å²) in [7, 11) is 7.15. The molecule has 0 radical (unpaired) electrons. The number of nitrogens with one attached hydrogen (secondary N) is 2. The third kappa shape index (κ3) is 5.32. The minimum atomic E-state index is -0.0954. The monoisotopic (exact) mass is 463 g/mol. The Kier molecular flexibility index (Phi) is 7.35. The zero-order chi connectivity index (χ0) is 24.1. The van der Waals surface area contributed by atoms with Gasteiger partial charge in [0.25, 0.3) is 5.91 Å². The lowest BCUT2D eigenvalue weighted by molar-refractivity contribution is 0.0943. The van der Waals surface area contributed by atoms with Gasteiger partial charge in [0.2, 0.25) is 5.95 Å². The minimum absolute atomic E-state index is 0.0954. The van der Waals surface area contributed by atoms with E-state index in [1.165, 1.54) is 0 Å². The fraction of sp³-hybridized carbons (Fsp3) is 0.423. The fourth-order valence-corrected chi connectivity index (χ4v) is 4.48. The van der Waals surface area contributed by atoms with Crippen molar-refractivity contribution >= 4 is 28.6 Å². The molecule has 1 heterocycles. The van der Waals surface area contributed by atoms with Crippen LogP contribution in [0.4, 0.5) is 11.8 Å². The number of benzene rings is 2. The van der Waals surface area contributed by atoms with Gasteiger partial charge in [0, 0.05) is 37.6 Å². The van der Waals surface area contributed by atoms with Crippen LogP contribution in [0.1, 0.15) is 36.0 Å². The standard InChI is InChI=1S/C26H33N5O3/c1-31(2)24-20-7-5-6-8-21(20)29-26(30-24)28-19-12-9-17(10-13-19)16-27-25(32)18-11-14-22(33-3)23(15-18)34-4/h5-8,11,14-15,17,19H,9-10,12-13,16H2,1-4H3,(H,27,32)(H,28,29,30)/t17-,19+. The van der Waals surface area contributed by atoms with Crippen LogP contribution in [0.15, 0.2) is 42.5 Å². The Labute approximate surface area is 200 Å². The topological polar surface area (TPSA) is 88.6 Å². The number of aromatic nitrogens is 2. The molecular weight excluding hydrogens is 430 g/mol. The summed E-state index contributed by atoms with van der Waals surface area (Å²) >= 11 is 0. The molecule has 4 rings (SSSR count). The second kappa shape index (κ2) is 10.6. The Morgan fingerprint density at radius 1 is 1.00 bits per heavy atom. The number of para-hydroxylation sites is 1. The van der Waals surface area contributed by atoms with Crippen molar-refractivity contribution in [1.82, 2.24) is 15.3 Å². The molecule has 1 aromatic heterocycles. The minimum Gasteiger partial charge on any atom is -0.493 e. The Hall–Kier alpha value is -3.55. The number of anilines is 2. The Morgan fingerprint density at radius 3 is 2.44 bits per heavy atom. The summed E-state index contributed by atoms with van der Waals surface area (Å²) in [5.74, 6) is 3.11. The second-order valence-electron chi connectivity index (χ2n) is 8.92. The molecule has 0 saturated heterocycles. The number of hydrogen-bond acceptors (Lipinski definition) is 7. The SMILES string of the molecule is COc1ccc(C(=O)NC[C@H]2CC[C@@H](Nc3nc(N(C)C)c4ccccc4n3)CC2)cc1OC. The lowest BCUT2D eigenvalue weighted by Crippen LogP contribution is -2.34. The number of fused-ring (bicyclic) bond motifs is 1. The summed E-state index contributed by atoms with van der Waals surface area (Å²) in [6.07, 6.45) is 4.12. The van der Waals surface area contributed by atoms with Gasteiger partial charge in [-0.05, 0) is 61.9 Å². The van der Waals surface area contributed by atoms with E-state index in [1.807, 2.05) is 37.2 Å². The third-order valence-electron chi connectivity index (χ3n) is 6.38. The van der Waals surface area contributed by atoms with Crippen LogP contribution in [0.3, 0.4) is 0 Å². The molecule has 8 nitrogen and oxygen atoms in total. The van der Waals surface area contributed by atoms with Gasteiger partial charge in [-0.3, -0.25) is 4.79 Å². The number of rotatable bonds is 8. The highest BCUT2D eigenvalue weighted by atomic mass is 16.5. The highest BCUT2D eigenvalue weighted by molar-refractivity contribution is 5.95. The molecule has 1 saturated carbocycles. The summed E-state index contributed by atoms with van der Waals surface area (Å²) in [5, 5.41) is 7.67. The van der Waals surface area contributed by atoms with Gasteiger partial charge < -0.3 is 25.0 Å². The number of ether oxygens (including phenoxy) is 2. The van der Waals surface area contributed by atoms with Crippen molar-refractivity contribution in [2.24, 2.45) is 5.92 Å². The van der Waals surface area contributed by atoms with Crippen molar-refractivity contribution in [2.45, 2.75) is 31.7 Å².